The molecular formula is C9H17FN2O2S. The highest BCUT2D eigenvalue weighted by Gasteiger charge is 2.41. The second-order valence-corrected chi connectivity index (χ2v) is 4.78. The van der Waals surface area contributed by atoms with E-state index >= 15 is 0 Å². The molecule has 0 aliphatic heterocycles. The van der Waals surface area contributed by atoms with Crippen molar-refractivity contribution in [3.05, 3.63) is 0 Å². The van der Waals surface area contributed by atoms with Crippen molar-refractivity contribution in [3.8, 4) is 0 Å². The molecule has 2 atom stereocenters. The highest BCUT2D eigenvalue weighted by Crippen LogP contribution is 2.35. The van der Waals surface area contributed by atoms with Crippen LogP contribution >= 0.6 is 11.8 Å². The Balaban J connectivity index is 4.94. The molecule has 15 heavy (non-hydrogen) atoms. The van der Waals surface area contributed by atoms with Crippen LogP contribution in [-0.4, -0.2) is 28.6 Å². The first-order valence-corrected chi connectivity index (χ1v) is 5.70. The molecule has 0 aromatic heterocycles. The van der Waals surface area contributed by atoms with E-state index in [1.807, 2.05) is 0 Å². The second kappa shape index (κ2) is 5.34. The Kier molecular flexibility index (Phi) is 5.07. The van der Waals surface area contributed by atoms with Crippen molar-refractivity contribution in [1.82, 2.24) is 0 Å². The maximum Gasteiger partial charge on any atom is 0.252 e. The van der Waals surface area contributed by atoms with Gasteiger partial charge in [0.1, 0.15) is 5.04 Å². The molecule has 0 rings (SSSR count). The lowest BCUT2D eigenvalue weighted by Gasteiger charge is -2.32. The summed E-state index contributed by atoms with van der Waals surface area (Å²) in [5, 5.41) is 12.2. The third-order valence-electron chi connectivity index (χ3n) is 2.70. The number of rotatable bonds is 4. The topological polar surface area (TPSA) is 75.7 Å². The summed E-state index contributed by atoms with van der Waals surface area (Å²) in [4.78, 5) is 10.8. The lowest BCUT2D eigenvalue weighted by molar-refractivity contribution is -0.127. The Bertz CT molecular complexity index is 269. The third-order valence-corrected chi connectivity index (χ3v) is 3.55. The minimum atomic E-state index is -1.77. The van der Waals surface area contributed by atoms with Gasteiger partial charge >= 0.3 is 0 Å². The van der Waals surface area contributed by atoms with Gasteiger partial charge in [0, 0.05) is 11.3 Å². The fraction of sp³-hybridized carbons (Fsp3) is 0.778. The molecule has 6 heteroatoms. The lowest BCUT2D eigenvalue weighted by Crippen LogP contribution is -2.43. The van der Waals surface area contributed by atoms with E-state index in [-0.39, 0.29) is 5.92 Å². The quantitative estimate of drug-likeness (QED) is 0.337. The summed E-state index contributed by atoms with van der Waals surface area (Å²) in [6.07, 6.45) is -0.0459. The zero-order valence-electron chi connectivity index (χ0n) is 9.32. The average molecular weight is 236 g/mol. The van der Waals surface area contributed by atoms with E-state index in [1.54, 1.807) is 27.0 Å². The first-order chi connectivity index (χ1) is 6.78. The van der Waals surface area contributed by atoms with Gasteiger partial charge in [-0.05, 0) is 6.26 Å². The monoisotopic (exact) mass is 236 g/mol. The van der Waals surface area contributed by atoms with Gasteiger partial charge in [-0.15, -0.1) is 11.8 Å². The highest BCUT2D eigenvalue weighted by molar-refractivity contribution is 8.13. The first-order valence-electron chi connectivity index (χ1n) is 4.48. The molecule has 0 aliphatic carbocycles. The molecule has 4 nitrogen and oxygen atoms in total. The van der Waals surface area contributed by atoms with Gasteiger partial charge in [-0.3, -0.25) is 4.79 Å². The van der Waals surface area contributed by atoms with Gasteiger partial charge in [0.05, 0.1) is 0 Å². The number of halogens is 1. The summed E-state index contributed by atoms with van der Waals surface area (Å²) < 4.78 is 13.6. The van der Waals surface area contributed by atoms with Crippen LogP contribution in [0.2, 0.25) is 0 Å². The number of nitrogens with two attached hydrogens (primary N) is 1. The maximum atomic E-state index is 13.6. The van der Waals surface area contributed by atoms with Crippen molar-refractivity contribution in [1.29, 1.82) is 0 Å². The molecule has 0 spiro atoms. The van der Waals surface area contributed by atoms with E-state index in [0.717, 1.165) is 0 Å². The Labute approximate surface area is 93.1 Å². The van der Waals surface area contributed by atoms with Crippen LogP contribution in [0.5, 0.6) is 0 Å². The smallest absolute Gasteiger partial charge is 0.252 e. The summed E-state index contributed by atoms with van der Waals surface area (Å²) in [5.74, 6) is -1.38. The molecule has 0 heterocycles. The molecule has 0 bridgehead atoms. The number of nitrogens with zero attached hydrogens (tertiary/aromatic N) is 1. The summed E-state index contributed by atoms with van der Waals surface area (Å²) in [7, 11) is 0. The van der Waals surface area contributed by atoms with Crippen molar-refractivity contribution in [2.24, 2.45) is 22.2 Å². The molecule has 0 aromatic rings. The van der Waals surface area contributed by atoms with Gasteiger partial charge in [-0.1, -0.05) is 25.9 Å². The zero-order chi connectivity index (χ0) is 12.2. The van der Waals surface area contributed by atoms with Gasteiger partial charge in [0.15, 0.2) is 6.17 Å². The summed E-state index contributed by atoms with van der Waals surface area (Å²) in [6, 6.07) is 0. The van der Waals surface area contributed by atoms with Crippen LogP contribution in [0.15, 0.2) is 5.16 Å². The van der Waals surface area contributed by atoms with Crippen molar-refractivity contribution in [3.63, 3.8) is 0 Å². The molecular weight excluding hydrogens is 219 g/mol. The number of alkyl halides is 1. The number of thioether (sulfide) groups is 1. The number of primary amides is 1. The summed E-state index contributed by atoms with van der Waals surface area (Å²) >= 11 is 1.22. The Hall–Kier alpha value is -0.780. The number of oxime groups is 1. The second-order valence-electron chi connectivity index (χ2n) is 3.95. The van der Waals surface area contributed by atoms with Crippen LogP contribution in [0, 0.1) is 11.3 Å². The van der Waals surface area contributed by atoms with Crippen LogP contribution < -0.4 is 5.73 Å². The van der Waals surface area contributed by atoms with Crippen LogP contribution in [0.25, 0.3) is 0 Å². The molecule has 3 N–H and O–H groups in total. The van der Waals surface area contributed by atoms with Gasteiger partial charge < -0.3 is 10.9 Å². The fourth-order valence-electron chi connectivity index (χ4n) is 1.21. The number of hydrogen-bond donors (Lipinski definition) is 2. The number of hydrogen-bond acceptors (Lipinski definition) is 4. The highest BCUT2D eigenvalue weighted by atomic mass is 32.2. The van der Waals surface area contributed by atoms with Crippen molar-refractivity contribution < 1.29 is 14.4 Å². The normalized spacial score (nSPS) is 17.3. The van der Waals surface area contributed by atoms with E-state index in [1.165, 1.54) is 11.8 Å². The number of amides is 1. The molecule has 0 fully saturated rings. The number of carbonyl (C=O) groups excluding carboxylic acids is 1. The summed E-state index contributed by atoms with van der Waals surface area (Å²) in [5.41, 5.74) is 3.93. The number of carbonyl (C=O) groups is 1. The van der Waals surface area contributed by atoms with Crippen LogP contribution in [-0.2, 0) is 4.79 Å². The zero-order valence-corrected chi connectivity index (χ0v) is 10.1. The minimum Gasteiger partial charge on any atom is -0.410 e. The van der Waals surface area contributed by atoms with E-state index in [2.05, 4.69) is 5.16 Å². The standard InChI is InChI=1S/C9H17FN2O2S/c1-5(8(12-14)15-4)9(2,3)6(10)7(11)13/h5-6,14H,1-4H3,(H2,11,13). The first kappa shape index (κ1) is 14.2. The van der Waals surface area contributed by atoms with Crippen LogP contribution in [0.4, 0.5) is 4.39 Å². The fourth-order valence-corrected chi connectivity index (χ4v) is 1.95. The lowest BCUT2D eigenvalue weighted by atomic mass is 9.76. The minimum absolute atomic E-state index is 0.379. The van der Waals surface area contributed by atoms with Crippen molar-refractivity contribution >= 4 is 22.7 Å². The molecule has 1 amide bonds. The van der Waals surface area contributed by atoms with Gasteiger partial charge in [0.2, 0.25) is 0 Å². The van der Waals surface area contributed by atoms with Crippen LogP contribution in [0.1, 0.15) is 20.8 Å². The SMILES string of the molecule is CSC(=NO)C(C)C(C)(C)C(F)C(N)=O. The maximum absolute atomic E-state index is 13.6. The van der Waals surface area contributed by atoms with Crippen LogP contribution in [0.3, 0.4) is 0 Å². The van der Waals surface area contributed by atoms with Gasteiger partial charge in [-0.2, -0.15) is 0 Å². The van der Waals surface area contributed by atoms with E-state index in [0.29, 0.717) is 5.04 Å². The van der Waals surface area contributed by atoms with Crippen molar-refractivity contribution in [2.45, 2.75) is 26.9 Å². The Morgan fingerprint density at radius 2 is 2.07 bits per heavy atom. The van der Waals surface area contributed by atoms with Gasteiger partial charge in [-0.25, -0.2) is 4.39 Å². The molecule has 0 saturated carbocycles. The van der Waals surface area contributed by atoms with Crippen molar-refractivity contribution in [2.75, 3.05) is 6.26 Å². The largest absolute Gasteiger partial charge is 0.410 e. The molecule has 88 valence electrons. The Morgan fingerprint density at radius 1 is 1.60 bits per heavy atom. The Morgan fingerprint density at radius 3 is 2.33 bits per heavy atom. The van der Waals surface area contributed by atoms with E-state index in [9.17, 15) is 9.18 Å². The molecule has 2 unspecified atom stereocenters. The summed E-state index contributed by atoms with van der Waals surface area (Å²) in [6.45, 7) is 4.85. The predicted octanol–water partition coefficient (Wildman–Crippen LogP) is 1.62. The van der Waals surface area contributed by atoms with Gasteiger partial charge in [0.25, 0.3) is 5.91 Å². The molecule has 0 aromatic carbocycles. The molecule has 0 saturated heterocycles. The molecule has 0 aliphatic rings. The van der Waals surface area contributed by atoms with E-state index in [4.69, 9.17) is 10.9 Å². The molecule has 0 radical (unpaired) electrons. The average Bonchev–Trinajstić information content (AvgIpc) is 2.18. The predicted molar refractivity (Wildman–Crippen MR) is 59.8 cm³/mol. The third kappa shape index (κ3) is 3.09. The van der Waals surface area contributed by atoms with E-state index < -0.39 is 17.5 Å².